The van der Waals surface area contributed by atoms with Gasteiger partial charge in [-0.3, -0.25) is 9.79 Å². The molecule has 0 spiro atoms. The Morgan fingerprint density at radius 1 is 0.767 bits per heavy atom. The highest BCUT2D eigenvalue weighted by atomic mass is 32.2. The molecule has 252 valence electrons. The predicted octanol–water partition coefficient (Wildman–Crippen LogP) is 3.77. The van der Waals surface area contributed by atoms with Gasteiger partial charge in [0, 0.05) is 63.5 Å². The van der Waals surface area contributed by atoms with Gasteiger partial charge in [0.1, 0.15) is 17.6 Å². The van der Waals surface area contributed by atoms with E-state index >= 15 is 0 Å². The van der Waals surface area contributed by atoms with Crippen LogP contribution in [0.5, 0.6) is 0 Å². The van der Waals surface area contributed by atoms with E-state index in [1.807, 2.05) is 0 Å². The zero-order valence-corrected chi connectivity index (χ0v) is 31.1. The molecule has 12 nitrogen and oxygen atoms in total. The number of aliphatic hydroxyl groups excluding tert-OH is 2. The summed E-state index contributed by atoms with van der Waals surface area (Å²) >= 11 is 10.8. The fourth-order valence-corrected chi connectivity index (χ4v) is 8.82. The van der Waals surface area contributed by atoms with Crippen LogP contribution in [0.4, 0.5) is 9.59 Å². The smallest absolute Gasteiger partial charge is 0.407 e. The molecular weight excluding hydrogens is 737 g/mol. The van der Waals surface area contributed by atoms with Gasteiger partial charge >= 0.3 is 6.09 Å². The first-order valence-electron chi connectivity index (χ1n) is 12.8. The standard InChI is InChI=1S/C22H42N4O8S9/c27-15-38-19-40-17-32-21(29)25-3-7-36-6-2-24-14-43(31)12-11-37-9-10-42-22(30)26-4-8-35-5-1-23-13-33-34-18-41-20-39-16-28/h13-14,27-28H,1-12,15-20H2,(H,25,29)(H,26,30)/b23-13+,24-14-. The molecule has 0 aliphatic rings. The molecule has 0 aliphatic heterocycles. The predicted molar refractivity (Wildman–Crippen MR) is 198 cm³/mol. The van der Waals surface area contributed by atoms with Crippen LogP contribution in [0.15, 0.2) is 9.98 Å². The van der Waals surface area contributed by atoms with Crippen LogP contribution < -0.4 is 10.6 Å². The molecule has 0 radical (unpaired) electrons. The van der Waals surface area contributed by atoms with Crippen molar-refractivity contribution >= 4 is 129 Å². The van der Waals surface area contributed by atoms with Crippen LogP contribution in [0, 0.1) is 0 Å². The molecular formula is C22H42N4O8S9. The fourth-order valence-electron chi connectivity index (χ4n) is 2.15. The van der Waals surface area contributed by atoms with E-state index in [0.717, 1.165) is 39.6 Å². The van der Waals surface area contributed by atoms with Gasteiger partial charge < -0.3 is 35.0 Å². The van der Waals surface area contributed by atoms with Crippen LogP contribution in [-0.2, 0) is 25.7 Å². The third-order valence-electron chi connectivity index (χ3n) is 3.95. The molecule has 1 unspecified atom stereocenters. The lowest BCUT2D eigenvalue weighted by atomic mass is 10.7. The molecule has 0 rings (SSSR count). The monoisotopic (exact) mass is 778 g/mol. The molecule has 0 saturated heterocycles. The second kappa shape index (κ2) is 37.3. The summed E-state index contributed by atoms with van der Waals surface area (Å²) in [7, 11) is 0. The van der Waals surface area contributed by atoms with Crippen molar-refractivity contribution in [2.24, 2.45) is 9.98 Å². The third kappa shape index (κ3) is 37.2. The maximum absolute atomic E-state index is 12.0. The van der Waals surface area contributed by atoms with E-state index in [2.05, 4.69) is 20.6 Å². The zero-order chi connectivity index (χ0) is 31.5. The molecule has 1 atom stereocenters. The number of alkyl carbamates (subject to hydrolysis) is 1. The molecule has 0 aromatic carbocycles. The van der Waals surface area contributed by atoms with E-state index in [-0.39, 0.29) is 23.1 Å². The number of hydrogen-bond acceptors (Lipinski definition) is 18. The minimum absolute atomic E-state index is 0.0343. The molecule has 2 amide bonds. The summed E-state index contributed by atoms with van der Waals surface area (Å²) in [5.74, 6) is 6.71. The Morgan fingerprint density at radius 3 is 2.14 bits per heavy atom. The Hall–Kier alpha value is 0.870. The van der Waals surface area contributed by atoms with Crippen molar-refractivity contribution in [2.75, 3.05) is 106 Å². The average Bonchev–Trinajstić information content (AvgIpc) is 3.00. The Balaban J connectivity index is 3.41. The number of carbonyl (C=O) groups is 2. The quantitative estimate of drug-likeness (QED) is 0.0152. The van der Waals surface area contributed by atoms with E-state index in [0.29, 0.717) is 48.7 Å². The number of thioether (sulfide) groups is 8. The lowest BCUT2D eigenvalue weighted by molar-refractivity contribution is -0.196. The maximum Gasteiger partial charge on any atom is 0.407 e. The van der Waals surface area contributed by atoms with E-state index in [4.69, 9.17) is 24.7 Å². The number of aliphatic hydroxyl groups is 2. The second-order valence-corrected chi connectivity index (χ2v) is 17.8. The Bertz CT molecular complexity index is 709. The van der Waals surface area contributed by atoms with Crippen molar-refractivity contribution in [3.8, 4) is 0 Å². The Labute approximate surface area is 292 Å². The highest BCUT2D eigenvalue weighted by molar-refractivity contribution is 8.16. The van der Waals surface area contributed by atoms with E-state index in [1.54, 1.807) is 35.3 Å². The SMILES string of the molecule is O=C(NCCSCC/N=C\[S+]([O-])CCSCCSC(=O)NCCSCC/N=C/OOCSCSCO)OCSCSCO. The zero-order valence-electron chi connectivity index (χ0n) is 23.8. The summed E-state index contributed by atoms with van der Waals surface area (Å²) in [5.41, 5.74) is 1.50. The molecule has 0 saturated carbocycles. The van der Waals surface area contributed by atoms with Gasteiger partial charge in [-0.25, -0.2) is 9.79 Å². The minimum Gasteiger partial charge on any atom is -0.611 e. The summed E-state index contributed by atoms with van der Waals surface area (Å²) in [6.45, 7) is 2.28. The number of aliphatic imine (C=N–C) groups is 2. The summed E-state index contributed by atoms with van der Waals surface area (Å²) in [4.78, 5) is 41.4. The Morgan fingerprint density at radius 2 is 1.42 bits per heavy atom. The van der Waals surface area contributed by atoms with Gasteiger partial charge in [0.2, 0.25) is 11.9 Å². The van der Waals surface area contributed by atoms with Crippen LogP contribution in [0.2, 0.25) is 0 Å². The van der Waals surface area contributed by atoms with Gasteiger partial charge in [-0.2, -0.15) is 40.2 Å². The lowest BCUT2D eigenvalue weighted by Crippen LogP contribution is -2.26. The van der Waals surface area contributed by atoms with Crippen molar-refractivity contribution in [2.45, 2.75) is 0 Å². The average molecular weight is 779 g/mol. The minimum atomic E-state index is -1.10. The molecule has 0 fully saturated rings. The highest BCUT2D eigenvalue weighted by Crippen LogP contribution is 2.11. The van der Waals surface area contributed by atoms with Gasteiger partial charge in [-0.1, -0.05) is 11.8 Å². The number of ether oxygens (including phenoxy) is 1. The maximum atomic E-state index is 12.0. The van der Waals surface area contributed by atoms with Crippen molar-refractivity contribution in [3.05, 3.63) is 0 Å². The first-order valence-corrected chi connectivity index (χ1v) is 23.3. The summed E-state index contributed by atoms with van der Waals surface area (Å²) in [6.07, 6.45) is 0.828. The molecule has 0 heterocycles. The summed E-state index contributed by atoms with van der Waals surface area (Å²) < 4.78 is 17.0. The summed E-state index contributed by atoms with van der Waals surface area (Å²) in [6, 6.07) is 0. The number of carbonyl (C=O) groups excluding carboxylic acids is 2. The fraction of sp³-hybridized carbons (Fsp3) is 0.818. The molecule has 0 aromatic heterocycles. The topological polar surface area (TPSA) is 174 Å². The van der Waals surface area contributed by atoms with E-state index in [9.17, 15) is 14.1 Å². The third-order valence-corrected chi connectivity index (χ3v) is 12.8. The molecule has 21 heteroatoms. The van der Waals surface area contributed by atoms with E-state index < -0.39 is 17.3 Å². The second-order valence-electron chi connectivity index (χ2n) is 7.13. The lowest BCUT2D eigenvalue weighted by Gasteiger charge is -2.06. The van der Waals surface area contributed by atoms with Gasteiger partial charge in [0.25, 0.3) is 5.24 Å². The van der Waals surface area contributed by atoms with Crippen molar-refractivity contribution in [3.63, 3.8) is 0 Å². The highest BCUT2D eigenvalue weighted by Gasteiger charge is 2.05. The Kier molecular flexibility index (Phi) is 38.1. The van der Waals surface area contributed by atoms with Gasteiger partial charge in [-0.05, 0) is 11.2 Å². The van der Waals surface area contributed by atoms with Gasteiger partial charge in [-0.15, -0.1) is 47.0 Å². The first-order chi connectivity index (χ1) is 21.1. The normalized spacial score (nSPS) is 12.2. The number of nitrogens with zero attached hydrogens (tertiary/aromatic N) is 2. The van der Waals surface area contributed by atoms with Crippen LogP contribution in [-0.4, -0.2) is 144 Å². The van der Waals surface area contributed by atoms with Crippen LogP contribution in [0.1, 0.15) is 0 Å². The first kappa shape index (κ1) is 43.9. The van der Waals surface area contributed by atoms with Crippen LogP contribution in [0.3, 0.4) is 0 Å². The van der Waals surface area contributed by atoms with Gasteiger partial charge in [0.05, 0.1) is 25.0 Å². The molecule has 0 bridgehead atoms. The number of amides is 2. The molecule has 0 aliphatic carbocycles. The molecule has 0 aromatic rings. The summed E-state index contributed by atoms with van der Waals surface area (Å²) in [5, 5.41) is 24.2. The van der Waals surface area contributed by atoms with Crippen molar-refractivity contribution in [1.29, 1.82) is 0 Å². The number of nitrogens with one attached hydrogen (secondary N) is 2. The largest absolute Gasteiger partial charge is 0.611 e. The number of hydrogen-bond donors (Lipinski definition) is 4. The molecule has 4 N–H and O–H groups in total. The number of rotatable bonds is 31. The van der Waals surface area contributed by atoms with Crippen LogP contribution >= 0.6 is 94.1 Å². The van der Waals surface area contributed by atoms with Crippen molar-refractivity contribution in [1.82, 2.24) is 10.6 Å². The van der Waals surface area contributed by atoms with E-state index in [1.165, 1.54) is 70.8 Å². The van der Waals surface area contributed by atoms with Gasteiger partial charge in [0.15, 0.2) is 0 Å². The van der Waals surface area contributed by atoms with Crippen LogP contribution in [0.25, 0.3) is 0 Å². The molecule has 43 heavy (non-hydrogen) atoms. The van der Waals surface area contributed by atoms with Crippen molar-refractivity contribution < 1.29 is 38.9 Å².